The number of imidazole rings is 1. The lowest BCUT2D eigenvalue weighted by Crippen LogP contribution is -2.38. The van der Waals surface area contributed by atoms with Crippen LogP contribution in [0.3, 0.4) is 0 Å². The molecule has 0 N–H and O–H groups in total. The Labute approximate surface area is 131 Å². The van der Waals surface area contributed by atoms with Crippen molar-refractivity contribution in [1.29, 1.82) is 0 Å². The van der Waals surface area contributed by atoms with Crippen molar-refractivity contribution in [2.75, 3.05) is 6.54 Å². The van der Waals surface area contributed by atoms with E-state index >= 15 is 0 Å². The Morgan fingerprint density at radius 2 is 1.91 bits per heavy atom. The van der Waals surface area contributed by atoms with Gasteiger partial charge in [-0.05, 0) is 18.2 Å². The Hall–Kier alpha value is -2.90. The Morgan fingerprint density at radius 1 is 1.13 bits per heavy atom. The molecule has 1 amide bonds. The first-order chi connectivity index (χ1) is 11.1. The Balaban J connectivity index is 1.71. The molecule has 8 nitrogen and oxygen atoms in total. The van der Waals surface area contributed by atoms with Crippen LogP contribution in [0.2, 0.25) is 0 Å². The van der Waals surface area contributed by atoms with Gasteiger partial charge in [-0.2, -0.15) is 5.10 Å². The van der Waals surface area contributed by atoms with Crippen molar-refractivity contribution in [3.05, 3.63) is 46.4 Å². The summed E-state index contributed by atoms with van der Waals surface area (Å²) in [5, 5.41) is 4.12. The third-order valence-electron chi connectivity index (χ3n) is 4.42. The van der Waals surface area contributed by atoms with E-state index in [2.05, 4.69) is 10.1 Å². The molecule has 0 saturated carbocycles. The molecule has 1 aliphatic rings. The summed E-state index contributed by atoms with van der Waals surface area (Å²) in [4.78, 5) is 30.7. The van der Waals surface area contributed by atoms with Crippen molar-refractivity contribution < 1.29 is 4.79 Å². The van der Waals surface area contributed by atoms with Crippen molar-refractivity contribution in [3.8, 4) is 0 Å². The number of benzene rings is 1. The van der Waals surface area contributed by atoms with Crippen LogP contribution in [0, 0.1) is 0 Å². The van der Waals surface area contributed by atoms with Crippen molar-refractivity contribution in [2.24, 2.45) is 14.1 Å². The van der Waals surface area contributed by atoms with Crippen molar-refractivity contribution in [3.63, 3.8) is 0 Å². The van der Waals surface area contributed by atoms with Crippen LogP contribution in [0.15, 0.2) is 29.3 Å². The minimum atomic E-state index is -0.101. The largest absolute Gasteiger partial charge is 0.329 e. The van der Waals surface area contributed by atoms with Gasteiger partial charge in [0.2, 0.25) is 0 Å². The highest BCUT2D eigenvalue weighted by molar-refractivity contribution is 5.97. The molecule has 2 aromatic heterocycles. The van der Waals surface area contributed by atoms with Gasteiger partial charge < -0.3 is 4.90 Å². The predicted molar refractivity (Wildman–Crippen MR) is 82.9 cm³/mol. The van der Waals surface area contributed by atoms with Crippen LogP contribution in [0.25, 0.3) is 11.0 Å². The molecule has 118 valence electrons. The van der Waals surface area contributed by atoms with Crippen molar-refractivity contribution in [2.45, 2.75) is 13.1 Å². The van der Waals surface area contributed by atoms with Gasteiger partial charge in [0.1, 0.15) is 12.2 Å². The van der Waals surface area contributed by atoms with Gasteiger partial charge in [0.15, 0.2) is 0 Å². The number of amides is 1. The topological polar surface area (TPSA) is 78.0 Å². The lowest BCUT2D eigenvalue weighted by molar-refractivity contribution is 0.0702. The molecule has 3 heterocycles. The van der Waals surface area contributed by atoms with E-state index in [9.17, 15) is 9.59 Å². The molecule has 0 radical (unpaired) electrons. The number of aromatic nitrogens is 5. The van der Waals surface area contributed by atoms with Gasteiger partial charge in [-0.15, -0.1) is 0 Å². The zero-order valence-corrected chi connectivity index (χ0v) is 12.9. The highest BCUT2D eigenvalue weighted by atomic mass is 16.2. The van der Waals surface area contributed by atoms with E-state index in [0.717, 1.165) is 16.9 Å². The van der Waals surface area contributed by atoms with Gasteiger partial charge >= 0.3 is 5.69 Å². The molecule has 0 spiro atoms. The summed E-state index contributed by atoms with van der Waals surface area (Å²) in [6, 6.07) is 5.36. The smallest absolute Gasteiger partial charge is 0.328 e. The minimum absolute atomic E-state index is 0.0579. The van der Waals surface area contributed by atoms with Crippen LogP contribution in [0.4, 0.5) is 0 Å². The van der Waals surface area contributed by atoms with E-state index in [-0.39, 0.29) is 11.6 Å². The number of carbonyl (C=O) groups is 1. The van der Waals surface area contributed by atoms with Gasteiger partial charge in [0.05, 0.1) is 24.1 Å². The van der Waals surface area contributed by atoms with Crippen LogP contribution in [0.1, 0.15) is 16.2 Å². The third-order valence-corrected chi connectivity index (χ3v) is 4.42. The molecule has 3 aromatic rings. The molecule has 1 aliphatic heterocycles. The summed E-state index contributed by atoms with van der Waals surface area (Å²) in [6.07, 6.45) is 1.51. The highest BCUT2D eigenvalue weighted by Crippen LogP contribution is 2.18. The quantitative estimate of drug-likeness (QED) is 0.639. The second kappa shape index (κ2) is 4.80. The van der Waals surface area contributed by atoms with E-state index in [4.69, 9.17) is 0 Å². The molecular formula is C15H16N6O2. The maximum atomic E-state index is 12.8. The summed E-state index contributed by atoms with van der Waals surface area (Å²) in [5.74, 6) is 0.732. The predicted octanol–water partition coefficient (Wildman–Crippen LogP) is 0.124. The second-order valence-electron chi connectivity index (χ2n) is 5.73. The molecule has 1 aromatic carbocycles. The normalized spacial score (nSPS) is 14.3. The second-order valence-corrected chi connectivity index (χ2v) is 5.73. The van der Waals surface area contributed by atoms with Gasteiger partial charge in [0.25, 0.3) is 5.91 Å². The first kappa shape index (κ1) is 13.7. The van der Waals surface area contributed by atoms with Gasteiger partial charge in [-0.25, -0.2) is 14.5 Å². The lowest BCUT2D eigenvalue weighted by atomic mass is 10.1. The number of nitrogens with zero attached hydrogens (tertiary/aromatic N) is 6. The fourth-order valence-corrected chi connectivity index (χ4v) is 3.06. The van der Waals surface area contributed by atoms with Crippen LogP contribution >= 0.6 is 0 Å². The zero-order chi connectivity index (χ0) is 16.1. The standard InChI is InChI=1S/C15H16N6O2/c1-18-11-4-3-10(7-12(11)19(2)15(18)23)14(22)20-5-6-21-13(8-20)16-9-17-21/h3-4,7,9H,5-6,8H2,1-2H3. The van der Waals surface area contributed by atoms with Crippen LogP contribution in [-0.2, 0) is 27.2 Å². The van der Waals surface area contributed by atoms with E-state index < -0.39 is 0 Å². The highest BCUT2D eigenvalue weighted by Gasteiger charge is 2.23. The fourth-order valence-electron chi connectivity index (χ4n) is 3.06. The molecule has 0 bridgehead atoms. The maximum Gasteiger partial charge on any atom is 0.328 e. The number of hydrogen-bond donors (Lipinski definition) is 0. The molecule has 23 heavy (non-hydrogen) atoms. The molecule has 0 saturated heterocycles. The maximum absolute atomic E-state index is 12.8. The summed E-state index contributed by atoms with van der Waals surface area (Å²) in [7, 11) is 3.44. The number of hydrogen-bond acceptors (Lipinski definition) is 4. The van der Waals surface area contributed by atoms with Gasteiger partial charge in [0, 0.05) is 26.2 Å². The summed E-state index contributed by atoms with van der Waals surface area (Å²) < 4.78 is 4.94. The number of rotatable bonds is 1. The summed E-state index contributed by atoms with van der Waals surface area (Å²) in [6.45, 7) is 1.69. The van der Waals surface area contributed by atoms with E-state index in [1.54, 1.807) is 40.3 Å². The minimum Gasteiger partial charge on any atom is -0.329 e. The molecule has 0 fully saturated rings. The van der Waals surface area contributed by atoms with Crippen molar-refractivity contribution in [1.82, 2.24) is 28.8 Å². The third kappa shape index (κ3) is 1.98. The molecule has 4 rings (SSSR count). The van der Waals surface area contributed by atoms with Crippen molar-refractivity contribution >= 4 is 16.9 Å². The van der Waals surface area contributed by atoms with Crippen LogP contribution in [0.5, 0.6) is 0 Å². The Morgan fingerprint density at radius 3 is 2.74 bits per heavy atom. The average molecular weight is 312 g/mol. The zero-order valence-electron chi connectivity index (χ0n) is 12.9. The fraction of sp³-hybridized carbons (Fsp3) is 0.333. The molecule has 0 aliphatic carbocycles. The number of carbonyl (C=O) groups excluding carboxylic acids is 1. The van der Waals surface area contributed by atoms with Crippen LogP contribution < -0.4 is 5.69 Å². The molecule has 0 unspecified atom stereocenters. The SMILES string of the molecule is Cn1c(=O)n(C)c2cc(C(=O)N3CCn4ncnc4C3)ccc21. The van der Waals surface area contributed by atoms with Gasteiger partial charge in [-0.1, -0.05) is 0 Å². The van der Waals surface area contributed by atoms with E-state index in [1.807, 2.05) is 10.7 Å². The van der Waals surface area contributed by atoms with Gasteiger partial charge in [-0.3, -0.25) is 13.9 Å². The first-order valence-corrected chi connectivity index (χ1v) is 7.37. The Bertz CT molecular complexity index is 980. The molecule has 8 heteroatoms. The number of aryl methyl sites for hydroxylation is 2. The lowest BCUT2D eigenvalue weighted by Gasteiger charge is -2.26. The molecular weight excluding hydrogens is 296 g/mol. The Kier molecular flexibility index (Phi) is 2.87. The van der Waals surface area contributed by atoms with E-state index in [1.165, 1.54) is 6.33 Å². The van der Waals surface area contributed by atoms with Crippen LogP contribution in [-0.4, -0.2) is 41.3 Å². The monoisotopic (exact) mass is 312 g/mol. The summed E-state index contributed by atoms with van der Waals surface area (Å²) >= 11 is 0. The summed E-state index contributed by atoms with van der Waals surface area (Å²) in [5.41, 5.74) is 2.04. The average Bonchev–Trinajstić information content (AvgIpc) is 3.13. The number of fused-ring (bicyclic) bond motifs is 2. The first-order valence-electron chi connectivity index (χ1n) is 7.37. The van der Waals surface area contributed by atoms with E-state index in [0.29, 0.717) is 25.2 Å². The molecule has 0 atom stereocenters.